The molecule has 0 saturated heterocycles. The molecule has 0 radical (unpaired) electrons. The Bertz CT molecular complexity index is 442. The van der Waals surface area contributed by atoms with Crippen molar-refractivity contribution < 1.29 is 9.90 Å². The summed E-state index contributed by atoms with van der Waals surface area (Å²) < 4.78 is 0. The van der Waals surface area contributed by atoms with Gasteiger partial charge in [-0.15, -0.1) is 0 Å². The van der Waals surface area contributed by atoms with E-state index in [9.17, 15) is 4.79 Å². The molecule has 0 saturated carbocycles. The van der Waals surface area contributed by atoms with Gasteiger partial charge in [-0.2, -0.15) is 0 Å². The Kier molecular flexibility index (Phi) is 7.37. The van der Waals surface area contributed by atoms with Crippen LogP contribution in [0.25, 0.3) is 0 Å². The molecule has 1 heterocycles. The minimum atomic E-state index is -1.01. The Labute approximate surface area is 116 Å². The number of carbonyl (C=O) groups is 1. The minimum absolute atomic E-state index is 0.113. The van der Waals surface area contributed by atoms with E-state index in [1.807, 2.05) is 0 Å². The molecule has 1 atom stereocenters. The molecule has 112 valence electrons. The van der Waals surface area contributed by atoms with Crippen LogP contribution in [0.1, 0.15) is 5.69 Å². The molecule has 0 amide bonds. The Hall–Kier alpha value is -2.62. The number of carboxylic acid groups (broad SMARTS) is 1. The Balaban J connectivity index is 0.000000370. The van der Waals surface area contributed by atoms with Crippen LogP contribution in [0.4, 0.5) is 0 Å². The number of hydrogen-bond acceptors (Lipinski definition) is 5. The Morgan fingerprint density at radius 1 is 1.60 bits per heavy atom. The first kappa shape index (κ1) is 17.4. The molecule has 0 aliphatic heterocycles. The molecule has 1 aromatic rings. The highest BCUT2D eigenvalue weighted by Gasteiger charge is 2.12. The standard InChI is InChI=1S/C6H9N3O2.C4H11N5/c7-5(6(10)11)1-4-2-8-3-9-4;1-9(2)4(7)8-3(5)6/h2-3,5H,1,7H2,(H,8,9)(H,10,11);1-2H3,(H5,5,6,7,8). The fraction of sp³-hybridized carbons (Fsp3) is 0.400. The van der Waals surface area contributed by atoms with Gasteiger partial charge in [-0.25, -0.2) is 4.98 Å². The van der Waals surface area contributed by atoms with Crippen molar-refractivity contribution in [3.8, 4) is 0 Å². The van der Waals surface area contributed by atoms with Crippen LogP contribution < -0.4 is 16.8 Å². The summed E-state index contributed by atoms with van der Waals surface area (Å²) in [6.45, 7) is 0. The second kappa shape index (κ2) is 8.48. The number of H-pyrrole nitrogens is 1. The van der Waals surface area contributed by atoms with Crippen molar-refractivity contribution >= 4 is 17.9 Å². The molecule has 20 heavy (non-hydrogen) atoms. The van der Waals surface area contributed by atoms with Crippen LogP contribution in [0.2, 0.25) is 0 Å². The summed E-state index contributed by atoms with van der Waals surface area (Å²) in [5.74, 6) is -1.11. The maximum Gasteiger partial charge on any atom is 0.320 e. The average molecular weight is 284 g/mol. The molecule has 1 aromatic heterocycles. The van der Waals surface area contributed by atoms with E-state index < -0.39 is 12.0 Å². The summed E-state index contributed by atoms with van der Waals surface area (Å²) in [7, 11) is 3.39. The molecule has 0 bridgehead atoms. The second-order valence-electron chi connectivity index (χ2n) is 3.99. The van der Waals surface area contributed by atoms with Gasteiger partial charge in [0, 0.05) is 26.7 Å². The number of imidazole rings is 1. The van der Waals surface area contributed by atoms with Gasteiger partial charge < -0.3 is 26.5 Å². The zero-order chi connectivity index (χ0) is 15.7. The first-order valence-electron chi connectivity index (χ1n) is 5.57. The van der Waals surface area contributed by atoms with Crippen LogP contribution in [0.5, 0.6) is 0 Å². The lowest BCUT2D eigenvalue weighted by molar-refractivity contribution is -0.138. The maximum absolute atomic E-state index is 10.3. The fourth-order valence-electron chi connectivity index (χ4n) is 0.955. The van der Waals surface area contributed by atoms with Gasteiger partial charge in [-0.05, 0) is 0 Å². The monoisotopic (exact) mass is 284 g/mol. The smallest absolute Gasteiger partial charge is 0.320 e. The van der Waals surface area contributed by atoms with Crippen molar-refractivity contribution in [2.75, 3.05) is 14.1 Å². The lowest BCUT2D eigenvalue weighted by Gasteiger charge is -2.13. The molecule has 0 spiro atoms. The zero-order valence-corrected chi connectivity index (χ0v) is 11.3. The first-order chi connectivity index (χ1) is 9.23. The quantitative estimate of drug-likeness (QED) is 0.256. The third kappa shape index (κ3) is 7.66. The predicted molar refractivity (Wildman–Crippen MR) is 74.4 cm³/mol. The molecular formula is C10H20N8O2. The van der Waals surface area contributed by atoms with E-state index >= 15 is 0 Å². The SMILES string of the molecule is CN(C)C(=N)NC(=N)N.NC(Cc1c[nH]cn1)C(=O)O. The van der Waals surface area contributed by atoms with Gasteiger partial charge in [0.25, 0.3) is 0 Å². The third-order valence-corrected chi connectivity index (χ3v) is 2.00. The van der Waals surface area contributed by atoms with Crippen molar-refractivity contribution in [1.82, 2.24) is 20.2 Å². The summed E-state index contributed by atoms with van der Waals surface area (Å²) in [6.07, 6.45) is 3.38. The topological polar surface area (TPSA) is 181 Å². The second-order valence-corrected chi connectivity index (χ2v) is 3.99. The highest BCUT2D eigenvalue weighted by Crippen LogP contribution is 1.95. The number of aromatic amines is 1. The van der Waals surface area contributed by atoms with Crippen LogP contribution in [-0.2, 0) is 11.2 Å². The predicted octanol–water partition coefficient (Wildman–Crippen LogP) is -1.67. The number of hydrogen-bond donors (Lipinski definition) is 7. The number of aromatic nitrogens is 2. The molecular weight excluding hydrogens is 264 g/mol. The van der Waals surface area contributed by atoms with Crippen LogP contribution in [0, 0.1) is 10.8 Å². The van der Waals surface area contributed by atoms with Crippen molar-refractivity contribution in [3.63, 3.8) is 0 Å². The van der Waals surface area contributed by atoms with Gasteiger partial charge in [0.15, 0.2) is 11.9 Å². The van der Waals surface area contributed by atoms with Crippen molar-refractivity contribution in [2.45, 2.75) is 12.5 Å². The first-order valence-corrected chi connectivity index (χ1v) is 5.57. The van der Waals surface area contributed by atoms with E-state index in [-0.39, 0.29) is 18.3 Å². The number of nitrogens with one attached hydrogen (secondary N) is 4. The van der Waals surface area contributed by atoms with Crippen LogP contribution in [-0.4, -0.2) is 58.0 Å². The molecule has 9 N–H and O–H groups in total. The van der Waals surface area contributed by atoms with Gasteiger partial charge in [0.1, 0.15) is 6.04 Å². The van der Waals surface area contributed by atoms with Gasteiger partial charge in [0.05, 0.1) is 12.0 Å². The normalized spacial score (nSPS) is 10.8. The Morgan fingerprint density at radius 2 is 2.20 bits per heavy atom. The van der Waals surface area contributed by atoms with Crippen molar-refractivity contribution in [1.29, 1.82) is 10.8 Å². The van der Waals surface area contributed by atoms with Gasteiger partial charge >= 0.3 is 5.97 Å². The summed E-state index contributed by atoms with van der Waals surface area (Å²) >= 11 is 0. The van der Waals surface area contributed by atoms with Crippen LogP contribution in [0.15, 0.2) is 12.5 Å². The summed E-state index contributed by atoms with van der Waals surface area (Å²) in [4.78, 5) is 18.3. The molecule has 0 aliphatic carbocycles. The summed E-state index contributed by atoms with van der Waals surface area (Å²) in [5.41, 5.74) is 10.9. The molecule has 0 fully saturated rings. The van der Waals surface area contributed by atoms with E-state index in [2.05, 4.69) is 15.3 Å². The molecule has 0 aliphatic rings. The molecule has 1 unspecified atom stereocenters. The molecule has 0 aromatic carbocycles. The fourth-order valence-corrected chi connectivity index (χ4v) is 0.955. The molecule has 1 rings (SSSR count). The lowest BCUT2D eigenvalue weighted by atomic mass is 10.2. The van der Waals surface area contributed by atoms with Gasteiger partial charge in [0.2, 0.25) is 0 Å². The number of rotatable bonds is 3. The van der Waals surface area contributed by atoms with Crippen molar-refractivity contribution in [3.05, 3.63) is 18.2 Å². The van der Waals surface area contributed by atoms with Crippen LogP contribution >= 0.6 is 0 Å². The van der Waals surface area contributed by atoms with E-state index in [4.69, 9.17) is 27.4 Å². The Morgan fingerprint density at radius 3 is 2.50 bits per heavy atom. The van der Waals surface area contributed by atoms with E-state index in [1.165, 1.54) is 11.2 Å². The summed E-state index contributed by atoms with van der Waals surface area (Å²) in [5, 5.41) is 24.5. The number of aliphatic carboxylic acids is 1. The minimum Gasteiger partial charge on any atom is -0.480 e. The highest BCUT2D eigenvalue weighted by molar-refractivity contribution is 5.94. The number of carboxylic acids is 1. The van der Waals surface area contributed by atoms with E-state index in [0.29, 0.717) is 5.69 Å². The van der Waals surface area contributed by atoms with Crippen LogP contribution in [0.3, 0.4) is 0 Å². The number of nitrogens with two attached hydrogens (primary N) is 2. The maximum atomic E-state index is 10.3. The lowest BCUT2D eigenvalue weighted by Crippen LogP contribution is -2.42. The number of nitrogens with zero attached hydrogens (tertiary/aromatic N) is 2. The van der Waals surface area contributed by atoms with Crippen molar-refractivity contribution in [2.24, 2.45) is 11.5 Å². The van der Waals surface area contributed by atoms with Gasteiger partial charge in [-0.3, -0.25) is 20.9 Å². The molecule has 10 heteroatoms. The third-order valence-electron chi connectivity index (χ3n) is 2.00. The molecule has 10 nitrogen and oxygen atoms in total. The van der Waals surface area contributed by atoms with Gasteiger partial charge in [-0.1, -0.05) is 0 Å². The van der Waals surface area contributed by atoms with E-state index in [0.717, 1.165) is 0 Å². The summed E-state index contributed by atoms with van der Waals surface area (Å²) in [6, 6.07) is -0.863. The number of guanidine groups is 2. The zero-order valence-electron chi connectivity index (χ0n) is 11.3. The average Bonchev–Trinajstić information content (AvgIpc) is 2.81. The largest absolute Gasteiger partial charge is 0.480 e. The highest BCUT2D eigenvalue weighted by atomic mass is 16.4. The van der Waals surface area contributed by atoms with E-state index in [1.54, 1.807) is 20.3 Å².